The summed E-state index contributed by atoms with van der Waals surface area (Å²) >= 11 is 0. The number of nitrogens with zero attached hydrogens (tertiary/aromatic N) is 2. The first kappa shape index (κ1) is 20.2. The quantitative estimate of drug-likeness (QED) is 0.861. The molecule has 28 heavy (non-hydrogen) atoms. The number of hydrogen-bond acceptors (Lipinski definition) is 4. The Morgan fingerprint density at radius 1 is 1.00 bits per heavy atom. The Labute approximate surface area is 166 Å². The fraction of sp³-hybridized carbons (Fsp3) is 0.571. The van der Waals surface area contributed by atoms with Crippen LogP contribution >= 0.6 is 0 Å². The van der Waals surface area contributed by atoms with Crippen molar-refractivity contribution in [2.75, 3.05) is 32.8 Å². The Balaban J connectivity index is 1.58. The molecule has 1 aromatic carbocycles. The summed E-state index contributed by atoms with van der Waals surface area (Å²) in [5.41, 5.74) is 1.02. The van der Waals surface area contributed by atoms with Gasteiger partial charge in [0.1, 0.15) is 0 Å². The van der Waals surface area contributed by atoms with Crippen LogP contribution in [0.5, 0.6) is 0 Å². The number of ether oxygens (including phenoxy) is 1. The third-order valence-electron chi connectivity index (χ3n) is 5.40. The standard InChI is InChI=1S/C21H29N3O4/c1-2-28-21(27)24-13-11-23(12-14-24)20(26)17-8-6-7-16(15-17)19(25)22-18-9-4-3-5-10-18/h6-8,15,18H,2-5,9-14H2,1H3,(H,22,25). The van der Waals surface area contributed by atoms with Crippen molar-refractivity contribution >= 4 is 17.9 Å². The fourth-order valence-electron chi connectivity index (χ4n) is 3.80. The van der Waals surface area contributed by atoms with E-state index in [9.17, 15) is 14.4 Å². The van der Waals surface area contributed by atoms with Gasteiger partial charge in [-0.2, -0.15) is 0 Å². The number of piperazine rings is 1. The van der Waals surface area contributed by atoms with E-state index in [1.165, 1.54) is 6.42 Å². The third kappa shape index (κ3) is 5.03. The first-order valence-electron chi connectivity index (χ1n) is 10.2. The van der Waals surface area contributed by atoms with Gasteiger partial charge in [-0.05, 0) is 38.0 Å². The van der Waals surface area contributed by atoms with Gasteiger partial charge in [-0.15, -0.1) is 0 Å². The molecule has 0 atom stereocenters. The van der Waals surface area contributed by atoms with Crippen LogP contribution in [0.1, 0.15) is 59.7 Å². The van der Waals surface area contributed by atoms with Crippen molar-refractivity contribution in [3.8, 4) is 0 Å². The Bertz CT molecular complexity index is 707. The molecule has 7 heteroatoms. The monoisotopic (exact) mass is 387 g/mol. The average Bonchev–Trinajstić information content (AvgIpc) is 2.74. The maximum absolute atomic E-state index is 12.8. The van der Waals surface area contributed by atoms with E-state index in [1.807, 2.05) is 0 Å². The lowest BCUT2D eigenvalue weighted by Gasteiger charge is -2.34. The number of benzene rings is 1. The zero-order valence-corrected chi connectivity index (χ0v) is 16.5. The summed E-state index contributed by atoms with van der Waals surface area (Å²) in [6.45, 7) is 3.92. The molecule has 2 fully saturated rings. The highest BCUT2D eigenvalue weighted by Gasteiger charge is 2.26. The average molecular weight is 387 g/mol. The largest absolute Gasteiger partial charge is 0.450 e. The van der Waals surface area contributed by atoms with Gasteiger partial charge < -0.3 is 19.9 Å². The molecular weight excluding hydrogens is 358 g/mol. The van der Waals surface area contributed by atoms with Crippen molar-refractivity contribution in [3.63, 3.8) is 0 Å². The second-order valence-electron chi connectivity index (χ2n) is 7.37. The van der Waals surface area contributed by atoms with Gasteiger partial charge in [0.15, 0.2) is 0 Å². The van der Waals surface area contributed by atoms with Crippen molar-refractivity contribution in [1.29, 1.82) is 0 Å². The number of rotatable bonds is 4. The lowest BCUT2D eigenvalue weighted by atomic mass is 9.95. The van der Waals surface area contributed by atoms with Crippen LogP contribution in [0.4, 0.5) is 4.79 Å². The SMILES string of the molecule is CCOC(=O)N1CCN(C(=O)c2cccc(C(=O)NC3CCCCC3)c2)CC1. The van der Waals surface area contributed by atoms with Crippen LogP contribution < -0.4 is 5.32 Å². The molecule has 1 N–H and O–H groups in total. The van der Waals surface area contributed by atoms with E-state index in [2.05, 4.69) is 5.32 Å². The minimum atomic E-state index is -0.337. The Kier molecular flexibility index (Phi) is 6.90. The van der Waals surface area contributed by atoms with Crippen molar-refractivity contribution < 1.29 is 19.1 Å². The number of amides is 3. The van der Waals surface area contributed by atoms with Gasteiger partial charge in [-0.25, -0.2) is 4.79 Å². The molecule has 3 rings (SSSR count). The van der Waals surface area contributed by atoms with Crippen LogP contribution in [0.25, 0.3) is 0 Å². The fourth-order valence-corrected chi connectivity index (χ4v) is 3.80. The van der Waals surface area contributed by atoms with Gasteiger partial charge >= 0.3 is 6.09 Å². The normalized spacial score (nSPS) is 17.9. The van der Waals surface area contributed by atoms with Crippen molar-refractivity contribution in [2.45, 2.75) is 45.1 Å². The van der Waals surface area contributed by atoms with Crippen LogP contribution in [0.15, 0.2) is 24.3 Å². The second-order valence-corrected chi connectivity index (χ2v) is 7.37. The van der Waals surface area contributed by atoms with Crippen LogP contribution in [0, 0.1) is 0 Å². The molecule has 7 nitrogen and oxygen atoms in total. The third-order valence-corrected chi connectivity index (χ3v) is 5.40. The molecule has 2 aliphatic rings. The van der Waals surface area contributed by atoms with Crippen molar-refractivity contribution in [1.82, 2.24) is 15.1 Å². The topological polar surface area (TPSA) is 79.0 Å². The summed E-state index contributed by atoms with van der Waals surface area (Å²) in [6.07, 6.45) is 5.25. The molecule has 3 amide bonds. The van der Waals surface area contributed by atoms with Gasteiger partial charge in [-0.1, -0.05) is 25.3 Å². The highest BCUT2D eigenvalue weighted by molar-refractivity contribution is 5.99. The van der Waals surface area contributed by atoms with E-state index in [0.29, 0.717) is 43.9 Å². The van der Waals surface area contributed by atoms with Crippen molar-refractivity contribution in [2.24, 2.45) is 0 Å². The van der Waals surface area contributed by atoms with Crippen LogP contribution in [0.2, 0.25) is 0 Å². The number of carbonyl (C=O) groups is 3. The van der Waals surface area contributed by atoms with Crippen molar-refractivity contribution in [3.05, 3.63) is 35.4 Å². The van der Waals surface area contributed by atoms with Crippen LogP contribution in [-0.2, 0) is 4.74 Å². The summed E-state index contributed by atoms with van der Waals surface area (Å²) in [4.78, 5) is 40.5. The minimum absolute atomic E-state index is 0.115. The summed E-state index contributed by atoms with van der Waals surface area (Å²) in [5.74, 6) is -0.232. The molecule has 1 aliphatic heterocycles. The predicted octanol–water partition coefficient (Wildman–Crippen LogP) is 2.66. The number of hydrogen-bond donors (Lipinski definition) is 1. The highest BCUT2D eigenvalue weighted by atomic mass is 16.6. The first-order chi connectivity index (χ1) is 13.6. The molecule has 1 saturated carbocycles. The molecule has 0 aromatic heterocycles. The molecule has 152 valence electrons. The molecule has 1 aromatic rings. The van der Waals surface area contributed by atoms with E-state index >= 15 is 0 Å². The zero-order valence-electron chi connectivity index (χ0n) is 16.5. The zero-order chi connectivity index (χ0) is 19.9. The lowest BCUT2D eigenvalue weighted by Crippen LogP contribution is -2.50. The molecule has 0 spiro atoms. The molecule has 1 heterocycles. The Hall–Kier alpha value is -2.57. The summed E-state index contributed by atoms with van der Waals surface area (Å²) in [5, 5.41) is 3.09. The van der Waals surface area contributed by atoms with Crippen LogP contribution in [0.3, 0.4) is 0 Å². The Morgan fingerprint density at radius 3 is 2.32 bits per heavy atom. The molecule has 0 radical (unpaired) electrons. The Morgan fingerprint density at radius 2 is 1.64 bits per heavy atom. The maximum Gasteiger partial charge on any atom is 0.409 e. The smallest absolute Gasteiger partial charge is 0.409 e. The molecule has 1 saturated heterocycles. The molecule has 0 bridgehead atoms. The minimum Gasteiger partial charge on any atom is -0.450 e. The van der Waals surface area contributed by atoms with E-state index < -0.39 is 0 Å². The number of nitrogens with one attached hydrogen (secondary N) is 1. The summed E-state index contributed by atoms with van der Waals surface area (Å²) in [7, 11) is 0. The maximum atomic E-state index is 12.8. The predicted molar refractivity (Wildman–Crippen MR) is 105 cm³/mol. The van der Waals surface area contributed by atoms with Gasteiger partial charge in [0, 0.05) is 43.3 Å². The van der Waals surface area contributed by atoms with Crippen LogP contribution in [-0.4, -0.2) is 66.5 Å². The molecule has 0 unspecified atom stereocenters. The van der Waals surface area contributed by atoms with E-state index in [4.69, 9.17) is 4.74 Å². The lowest BCUT2D eigenvalue weighted by molar-refractivity contribution is 0.0570. The molecule has 1 aliphatic carbocycles. The summed E-state index contributed by atoms with van der Waals surface area (Å²) in [6, 6.07) is 7.12. The van der Waals surface area contributed by atoms with Gasteiger partial charge in [0.25, 0.3) is 11.8 Å². The molecular formula is C21H29N3O4. The first-order valence-corrected chi connectivity index (χ1v) is 10.2. The van der Waals surface area contributed by atoms with E-state index in [1.54, 1.807) is 41.0 Å². The summed E-state index contributed by atoms with van der Waals surface area (Å²) < 4.78 is 5.01. The van der Waals surface area contributed by atoms with Gasteiger partial charge in [0.2, 0.25) is 0 Å². The van der Waals surface area contributed by atoms with Gasteiger partial charge in [0.05, 0.1) is 6.61 Å². The number of carbonyl (C=O) groups excluding carboxylic acids is 3. The van der Waals surface area contributed by atoms with E-state index in [0.717, 1.165) is 25.7 Å². The highest BCUT2D eigenvalue weighted by Crippen LogP contribution is 2.18. The van der Waals surface area contributed by atoms with Gasteiger partial charge in [-0.3, -0.25) is 9.59 Å². The second kappa shape index (κ2) is 9.57. The van der Waals surface area contributed by atoms with E-state index in [-0.39, 0.29) is 23.9 Å².